The van der Waals surface area contributed by atoms with Crippen LogP contribution in [0.15, 0.2) is 18.2 Å². The summed E-state index contributed by atoms with van der Waals surface area (Å²) >= 11 is 0. The van der Waals surface area contributed by atoms with Crippen LogP contribution in [0.1, 0.15) is 57.6 Å². The first-order chi connectivity index (χ1) is 12.5. The molecule has 3 rings (SSSR count). The number of carbonyl (C=O) groups excluding carboxylic acids is 1. The second kappa shape index (κ2) is 7.74. The van der Waals surface area contributed by atoms with Gasteiger partial charge in [0.25, 0.3) is 0 Å². The molecule has 6 nitrogen and oxygen atoms in total. The SMILES string of the molecule is CCOC(=O)N1CC[C@]2(O)CCCC[C@H]2[C@@H]1c1ccc(O)c(OCC)c1. The second-order valence-corrected chi connectivity index (χ2v) is 7.20. The monoisotopic (exact) mass is 363 g/mol. The Morgan fingerprint density at radius 3 is 2.81 bits per heavy atom. The third-order valence-corrected chi connectivity index (χ3v) is 5.70. The molecule has 0 unspecified atom stereocenters. The predicted molar refractivity (Wildman–Crippen MR) is 97.3 cm³/mol. The Balaban J connectivity index is 2.01. The summed E-state index contributed by atoms with van der Waals surface area (Å²) in [5.41, 5.74) is 0.111. The number of likely N-dealkylation sites (tertiary alicyclic amines) is 1. The van der Waals surface area contributed by atoms with E-state index in [9.17, 15) is 15.0 Å². The van der Waals surface area contributed by atoms with Crippen molar-refractivity contribution in [3.8, 4) is 11.5 Å². The standard InChI is InChI=1S/C20H29NO5/c1-3-25-17-13-14(8-9-16(17)22)18-15-7-5-6-10-20(15,24)11-12-21(18)19(23)26-4-2/h8-9,13,15,18,22,24H,3-7,10-12H2,1-2H3/t15-,18-,20+/m0/s1. The molecular weight excluding hydrogens is 334 g/mol. The fourth-order valence-electron chi connectivity index (χ4n) is 4.49. The average Bonchev–Trinajstić information content (AvgIpc) is 2.62. The number of aliphatic hydroxyl groups is 1. The molecule has 0 aromatic heterocycles. The highest BCUT2D eigenvalue weighted by atomic mass is 16.6. The molecule has 0 bridgehead atoms. The number of amides is 1. The van der Waals surface area contributed by atoms with Gasteiger partial charge in [-0.15, -0.1) is 0 Å². The predicted octanol–water partition coefficient (Wildman–Crippen LogP) is 3.62. The minimum absolute atomic E-state index is 0.0478. The Morgan fingerprint density at radius 2 is 2.08 bits per heavy atom. The largest absolute Gasteiger partial charge is 0.504 e. The Kier molecular flexibility index (Phi) is 5.61. The van der Waals surface area contributed by atoms with Gasteiger partial charge in [0.05, 0.1) is 24.9 Å². The van der Waals surface area contributed by atoms with Crippen molar-refractivity contribution in [2.45, 2.75) is 57.6 Å². The van der Waals surface area contributed by atoms with Gasteiger partial charge < -0.3 is 24.6 Å². The number of carbonyl (C=O) groups is 1. The number of phenols is 1. The van der Waals surface area contributed by atoms with Crippen LogP contribution in [0.25, 0.3) is 0 Å². The molecule has 1 aromatic carbocycles. The van der Waals surface area contributed by atoms with Gasteiger partial charge in [-0.05, 0) is 50.8 Å². The van der Waals surface area contributed by atoms with E-state index < -0.39 is 5.60 Å². The number of hydrogen-bond acceptors (Lipinski definition) is 5. The second-order valence-electron chi connectivity index (χ2n) is 7.20. The minimum atomic E-state index is -0.754. The van der Waals surface area contributed by atoms with Crippen molar-refractivity contribution >= 4 is 6.09 Å². The number of ether oxygens (including phenoxy) is 2. The first kappa shape index (κ1) is 18.8. The van der Waals surface area contributed by atoms with E-state index in [1.54, 1.807) is 24.0 Å². The number of hydrogen-bond donors (Lipinski definition) is 2. The molecule has 1 aliphatic carbocycles. The van der Waals surface area contributed by atoms with E-state index in [1.165, 1.54) is 0 Å². The Hall–Kier alpha value is -1.95. The summed E-state index contributed by atoms with van der Waals surface area (Å²) in [6.07, 6.45) is 3.90. The number of fused-ring (bicyclic) bond motifs is 1. The lowest BCUT2D eigenvalue weighted by molar-refractivity contribution is -0.118. The van der Waals surface area contributed by atoms with Crippen LogP contribution < -0.4 is 4.74 Å². The molecule has 1 saturated carbocycles. The zero-order valence-electron chi connectivity index (χ0n) is 15.6. The first-order valence-corrected chi connectivity index (χ1v) is 9.61. The van der Waals surface area contributed by atoms with E-state index >= 15 is 0 Å². The van der Waals surface area contributed by atoms with Gasteiger partial charge in [0, 0.05) is 12.5 Å². The lowest BCUT2D eigenvalue weighted by atomic mass is 9.66. The van der Waals surface area contributed by atoms with Gasteiger partial charge in [-0.2, -0.15) is 0 Å². The van der Waals surface area contributed by atoms with Crippen LogP contribution in [0.5, 0.6) is 11.5 Å². The van der Waals surface area contributed by atoms with Crippen molar-refractivity contribution in [2.24, 2.45) is 5.92 Å². The Morgan fingerprint density at radius 1 is 1.27 bits per heavy atom. The van der Waals surface area contributed by atoms with Gasteiger partial charge in [0.15, 0.2) is 11.5 Å². The van der Waals surface area contributed by atoms with Gasteiger partial charge >= 0.3 is 6.09 Å². The van der Waals surface area contributed by atoms with Crippen LogP contribution in [0, 0.1) is 5.92 Å². The van der Waals surface area contributed by atoms with Gasteiger partial charge in [-0.3, -0.25) is 0 Å². The number of phenolic OH excluding ortho intramolecular Hbond substituents is 1. The molecule has 1 aromatic rings. The average molecular weight is 363 g/mol. The van der Waals surface area contributed by atoms with Crippen LogP contribution >= 0.6 is 0 Å². The number of rotatable bonds is 4. The fraction of sp³-hybridized carbons (Fsp3) is 0.650. The highest BCUT2D eigenvalue weighted by molar-refractivity contribution is 5.69. The molecule has 2 fully saturated rings. The number of aromatic hydroxyl groups is 1. The third-order valence-electron chi connectivity index (χ3n) is 5.70. The van der Waals surface area contributed by atoms with Crippen LogP contribution in [0.3, 0.4) is 0 Å². The summed E-state index contributed by atoms with van der Waals surface area (Å²) in [5.74, 6) is 0.431. The van der Waals surface area contributed by atoms with E-state index in [0.717, 1.165) is 31.2 Å². The highest BCUT2D eigenvalue weighted by Crippen LogP contribution is 2.50. The molecule has 3 atom stereocenters. The van der Waals surface area contributed by atoms with Crippen LogP contribution in [-0.4, -0.2) is 46.6 Å². The lowest BCUT2D eigenvalue weighted by Gasteiger charge is -2.52. The Labute approximate surface area is 154 Å². The maximum atomic E-state index is 12.6. The van der Waals surface area contributed by atoms with Crippen molar-refractivity contribution < 1.29 is 24.5 Å². The summed E-state index contributed by atoms with van der Waals surface area (Å²) in [4.78, 5) is 14.3. The van der Waals surface area contributed by atoms with Crippen molar-refractivity contribution in [1.82, 2.24) is 4.90 Å². The molecule has 6 heteroatoms. The fourth-order valence-corrected chi connectivity index (χ4v) is 4.49. The number of benzene rings is 1. The zero-order valence-corrected chi connectivity index (χ0v) is 15.6. The maximum Gasteiger partial charge on any atom is 0.410 e. The Bertz CT molecular complexity index is 649. The van der Waals surface area contributed by atoms with Crippen molar-refractivity contribution in [1.29, 1.82) is 0 Å². The molecule has 2 N–H and O–H groups in total. The van der Waals surface area contributed by atoms with E-state index in [0.29, 0.717) is 31.9 Å². The number of nitrogens with zero attached hydrogens (tertiary/aromatic N) is 1. The molecule has 26 heavy (non-hydrogen) atoms. The molecule has 1 heterocycles. The van der Waals surface area contributed by atoms with E-state index in [1.807, 2.05) is 13.0 Å². The van der Waals surface area contributed by atoms with Crippen LogP contribution in [0.2, 0.25) is 0 Å². The first-order valence-electron chi connectivity index (χ1n) is 9.61. The smallest absolute Gasteiger partial charge is 0.410 e. The molecule has 1 aliphatic heterocycles. The molecule has 1 saturated heterocycles. The van der Waals surface area contributed by atoms with Crippen molar-refractivity contribution in [3.05, 3.63) is 23.8 Å². The van der Waals surface area contributed by atoms with Crippen molar-refractivity contribution in [2.75, 3.05) is 19.8 Å². The van der Waals surface area contributed by atoms with Crippen molar-refractivity contribution in [3.63, 3.8) is 0 Å². The van der Waals surface area contributed by atoms with E-state index in [4.69, 9.17) is 9.47 Å². The normalized spacial score (nSPS) is 28.3. The molecule has 0 radical (unpaired) electrons. The maximum absolute atomic E-state index is 12.6. The molecule has 0 spiro atoms. The van der Waals surface area contributed by atoms with Gasteiger partial charge in [-0.1, -0.05) is 18.9 Å². The number of piperidine rings is 1. The van der Waals surface area contributed by atoms with E-state index in [-0.39, 0.29) is 23.8 Å². The molecular formula is C20H29NO5. The quantitative estimate of drug-likeness (QED) is 0.854. The molecule has 1 amide bonds. The molecule has 144 valence electrons. The third kappa shape index (κ3) is 3.47. The summed E-state index contributed by atoms with van der Waals surface area (Å²) in [7, 11) is 0. The van der Waals surface area contributed by atoms with Gasteiger partial charge in [0.2, 0.25) is 0 Å². The van der Waals surface area contributed by atoms with Crippen LogP contribution in [-0.2, 0) is 4.74 Å². The summed E-state index contributed by atoms with van der Waals surface area (Å²) in [6.45, 7) is 4.87. The summed E-state index contributed by atoms with van der Waals surface area (Å²) < 4.78 is 10.8. The summed E-state index contributed by atoms with van der Waals surface area (Å²) in [5, 5.41) is 21.2. The molecule has 2 aliphatic rings. The zero-order chi connectivity index (χ0) is 18.7. The summed E-state index contributed by atoms with van der Waals surface area (Å²) in [6, 6.07) is 4.92. The topological polar surface area (TPSA) is 79.2 Å². The highest BCUT2D eigenvalue weighted by Gasteiger charge is 2.50. The minimum Gasteiger partial charge on any atom is -0.504 e. The van der Waals surface area contributed by atoms with Crippen LogP contribution in [0.4, 0.5) is 4.79 Å². The van der Waals surface area contributed by atoms with Gasteiger partial charge in [0.1, 0.15) is 0 Å². The lowest BCUT2D eigenvalue weighted by Crippen LogP contribution is -2.56. The van der Waals surface area contributed by atoms with E-state index in [2.05, 4.69) is 0 Å². The van der Waals surface area contributed by atoms with Gasteiger partial charge in [-0.25, -0.2) is 4.79 Å².